The van der Waals surface area contributed by atoms with E-state index in [1.165, 1.54) is 0 Å². The number of benzene rings is 7. The predicted octanol–water partition coefficient (Wildman–Crippen LogP) is 12.6. The average molecular weight is 693 g/mol. The van der Waals surface area contributed by atoms with Gasteiger partial charge in [-0.1, -0.05) is 121 Å². The summed E-state index contributed by atoms with van der Waals surface area (Å²) in [7, 11) is 0. The summed E-state index contributed by atoms with van der Waals surface area (Å²) in [6.45, 7) is 0. The van der Waals surface area contributed by atoms with Crippen molar-refractivity contribution in [2.45, 2.75) is 0 Å². The van der Waals surface area contributed by atoms with Crippen molar-refractivity contribution in [2.75, 3.05) is 0 Å². The number of hydrogen-bond donors (Lipinski definition) is 0. The summed E-state index contributed by atoms with van der Waals surface area (Å²) in [4.78, 5) is 20.5. The van der Waals surface area contributed by atoms with Crippen LogP contribution < -0.4 is 0 Å². The Balaban J connectivity index is 1.07. The van der Waals surface area contributed by atoms with Crippen molar-refractivity contribution in [3.05, 3.63) is 170 Å². The van der Waals surface area contributed by atoms with E-state index in [1.807, 2.05) is 109 Å². The molecule has 6 nitrogen and oxygen atoms in total. The van der Waals surface area contributed by atoms with Crippen molar-refractivity contribution in [3.8, 4) is 56.6 Å². The third-order valence-corrected chi connectivity index (χ3v) is 10.1. The topological polar surface area (TPSA) is 77.8 Å². The summed E-state index contributed by atoms with van der Waals surface area (Å²) < 4.78 is 12.5. The number of rotatable bonds is 5. The molecule has 6 heteroatoms. The molecule has 11 aromatic rings. The lowest BCUT2D eigenvalue weighted by molar-refractivity contribution is 0.620. The van der Waals surface area contributed by atoms with Crippen LogP contribution in [0, 0.1) is 0 Å². The van der Waals surface area contributed by atoms with Crippen LogP contribution in [0.15, 0.2) is 179 Å². The van der Waals surface area contributed by atoms with E-state index in [0.29, 0.717) is 11.7 Å². The first-order valence-corrected chi connectivity index (χ1v) is 17.9. The lowest BCUT2D eigenvalue weighted by atomic mass is 9.97. The minimum Gasteiger partial charge on any atom is -0.456 e. The van der Waals surface area contributed by atoms with Crippen LogP contribution in [0.3, 0.4) is 0 Å². The van der Waals surface area contributed by atoms with Crippen molar-refractivity contribution in [1.29, 1.82) is 0 Å². The molecule has 0 fully saturated rings. The molecule has 54 heavy (non-hydrogen) atoms. The van der Waals surface area contributed by atoms with Crippen molar-refractivity contribution in [2.24, 2.45) is 0 Å². The summed E-state index contributed by atoms with van der Waals surface area (Å²) in [5.41, 5.74) is 11.5. The van der Waals surface area contributed by atoms with Gasteiger partial charge in [-0.2, -0.15) is 0 Å². The molecule has 0 atom stereocenters. The monoisotopic (exact) mass is 692 g/mol. The maximum atomic E-state index is 6.30. The number of pyridine rings is 1. The molecule has 0 N–H and O–H groups in total. The summed E-state index contributed by atoms with van der Waals surface area (Å²) in [5, 5.41) is 5.17. The van der Waals surface area contributed by atoms with Gasteiger partial charge in [-0.05, 0) is 48.5 Å². The number of nitrogens with zero attached hydrogens (tertiary/aromatic N) is 4. The summed E-state index contributed by atoms with van der Waals surface area (Å²) in [6.07, 6.45) is 0. The number of furan rings is 1. The highest BCUT2D eigenvalue weighted by Gasteiger charge is 2.19. The molecule has 4 heterocycles. The SMILES string of the molecule is c1ccc(-c2nc(-c3ccc(-c4nc5ccccc5c5c4ccc4oc(-c6ccccc6)nc45)cc3)cc(-c3cccc4oc5ccccc5c34)n2)cc1. The van der Waals surface area contributed by atoms with Gasteiger partial charge in [0.05, 0.1) is 22.6 Å². The molecule has 4 aromatic heterocycles. The van der Waals surface area contributed by atoms with E-state index in [4.69, 9.17) is 28.8 Å². The highest BCUT2D eigenvalue weighted by Crippen LogP contribution is 2.40. The minimum absolute atomic E-state index is 0.598. The van der Waals surface area contributed by atoms with Gasteiger partial charge in [0.25, 0.3) is 0 Å². The summed E-state index contributed by atoms with van der Waals surface area (Å²) in [6, 6.07) is 57.3. The zero-order valence-electron chi connectivity index (χ0n) is 28.8. The smallest absolute Gasteiger partial charge is 0.227 e. The fraction of sp³-hybridized carbons (Fsp3) is 0. The average Bonchev–Trinajstić information content (AvgIpc) is 3.86. The van der Waals surface area contributed by atoms with Gasteiger partial charge in [0.15, 0.2) is 11.4 Å². The van der Waals surface area contributed by atoms with Crippen LogP contribution in [-0.2, 0) is 0 Å². The van der Waals surface area contributed by atoms with Gasteiger partial charge in [-0.15, -0.1) is 0 Å². The quantitative estimate of drug-likeness (QED) is 0.167. The van der Waals surface area contributed by atoms with E-state index in [-0.39, 0.29) is 0 Å². The van der Waals surface area contributed by atoms with Crippen LogP contribution >= 0.6 is 0 Å². The zero-order valence-corrected chi connectivity index (χ0v) is 28.8. The number of aromatic nitrogens is 4. The van der Waals surface area contributed by atoms with Crippen LogP contribution in [0.1, 0.15) is 0 Å². The Bertz CT molecular complexity index is 3200. The van der Waals surface area contributed by atoms with Crippen LogP contribution in [0.5, 0.6) is 0 Å². The number of para-hydroxylation sites is 2. The molecular formula is C48H28N4O2. The van der Waals surface area contributed by atoms with Gasteiger partial charge in [0, 0.05) is 54.7 Å². The standard InChI is InChI=1S/C48H28N4O2/c1-3-12-31(13-4-1)47-50-38(28-39(51-47)34-18-11-21-41-43(34)35-17-8-10-20-40(35)53-41)29-22-24-30(25-23-29)45-36-26-27-42-46(44(36)33-16-7-9-19-37(33)49-45)52-48(54-42)32-14-5-2-6-15-32/h1-28H. The second-order valence-corrected chi connectivity index (χ2v) is 13.4. The summed E-state index contributed by atoms with van der Waals surface area (Å²) >= 11 is 0. The first-order chi connectivity index (χ1) is 26.7. The molecule has 0 aliphatic heterocycles. The number of oxazole rings is 1. The highest BCUT2D eigenvalue weighted by molar-refractivity contribution is 6.20. The Morgan fingerprint density at radius 1 is 0.370 bits per heavy atom. The molecule has 0 amide bonds. The van der Waals surface area contributed by atoms with Crippen molar-refractivity contribution in [3.63, 3.8) is 0 Å². The van der Waals surface area contributed by atoms with Crippen LogP contribution in [0.2, 0.25) is 0 Å². The lowest BCUT2D eigenvalue weighted by Crippen LogP contribution is -1.96. The van der Waals surface area contributed by atoms with Crippen LogP contribution in [0.25, 0.3) is 111 Å². The molecule has 0 radical (unpaired) electrons. The van der Waals surface area contributed by atoms with E-state index >= 15 is 0 Å². The van der Waals surface area contributed by atoms with Gasteiger partial charge in [0.2, 0.25) is 5.89 Å². The Hall–Kier alpha value is -7.44. The Morgan fingerprint density at radius 2 is 1.06 bits per heavy atom. The first-order valence-electron chi connectivity index (χ1n) is 17.9. The largest absolute Gasteiger partial charge is 0.456 e. The van der Waals surface area contributed by atoms with Gasteiger partial charge < -0.3 is 8.83 Å². The molecule has 0 saturated carbocycles. The van der Waals surface area contributed by atoms with Crippen LogP contribution in [-0.4, -0.2) is 19.9 Å². The molecule has 0 spiro atoms. The lowest BCUT2D eigenvalue weighted by Gasteiger charge is -2.12. The van der Waals surface area contributed by atoms with Gasteiger partial charge >= 0.3 is 0 Å². The van der Waals surface area contributed by atoms with E-state index < -0.39 is 0 Å². The third-order valence-electron chi connectivity index (χ3n) is 10.1. The second kappa shape index (κ2) is 12.1. The number of fused-ring (bicyclic) bond motifs is 8. The maximum Gasteiger partial charge on any atom is 0.227 e. The molecule has 252 valence electrons. The molecule has 0 unspecified atom stereocenters. The Labute approximate surface area is 309 Å². The third kappa shape index (κ3) is 4.89. The van der Waals surface area contributed by atoms with Gasteiger partial charge in [0.1, 0.15) is 16.7 Å². The van der Waals surface area contributed by atoms with E-state index in [2.05, 4.69) is 60.7 Å². The molecule has 0 bridgehead atoms. The maximum absolute atomic E-state index is 6.30. The summed E-state index contributed by atoms with van der Waals surface area (Å²) in [5.74, 6) is 1.26. The molecule has 7 aromatic carbocycles. The molecule has 0 aliphatic carbocycles. The molecule has 0 aliphatic rings. The molecule has 11 rings (SSSR count). The minimum atomic E-state index is 0.598. The Kier molecular flexibility index (Phi) is 6.75. The second-order valence-electron chi connectivity index (χ2n) is 13.4. The molecular weight excluding hydrogens is 665 g/mol. The fourth-order valence-electron chi connectivity index (χ4n) is 7.59. The zero-order chi connectivity index (χ0) is 35.6. The normalized spacial score (nSPS) is 11.7. The van der Waals surface area contributed by atoms with E-state index in [0.717, 1.165) is 99.6 Å². The fourth-order valence-corrected chi connectivity index (χ4v) is 7.59. The van der Waals surface area contributed by atoms with Crippen LogP contribution in [0.4, 0.5) is 0 Å². The first kappa shape index (κ1) is 30.2. The highest BCUT2D eigenvalue weighted by atomic mass is 16.3. The van der Waals surface area contributed by atoms with Crippen molar-refractivity contribution in [1.82, 2.24) is 19.9 Å². The predicted molar refractivity (Wildman–Crippen MR) is 217 cm³/mol. The van der Waals surface area contributed by atoms with Gasteiger partial charge in [-0.3, -0.25) is 0 Å². The van der Waals surface area contributed by atoms with E-state index in [1.54, 1.807) is 0 Å². The van der Waals surface area contributed by atoms with Gasteiger partial charge in [-0.25, -0.2) is 19.9 Å². The number of hydrogen-bond acceptors (Lipinski definition) is 6. The van der Waals surface area contributed by atoms with E-state index in [9.17, 15) is 0 Å². The van der Waals surface area contributed by atoms with Crippen molar-refractivity contribution < 1.29 is 8.83 Å². The Morgan fingerprint density at radius 3 is 1.89 bits per heavy atom. The van der Waals surface area contributed by atoms with Crippen molar-refractivity contribution >= 4 is 54.7 Å². The molecule has 0 saturated heterocycles.